The largest absolute Gasteiger partial charge is 0.264 e. The molecule has 1 nitrogen and oxygen atoms in total. The van der Waals surface area contributed by atoms with E-state index < -0.39 is 0 Å². The fourth-order valence-corrected chi connectivity index (χ4v) is 4.28. The summed E-state index contributed by atoms with van der Waals surface area (Å²) in [5.41, 5.74) is 8.20. The summed E-state index contributed by atoms with van der Waals surface area (Å²) in [5.74, 6) is 0. The molecule has 0 bridgehead atoms. The summed E-state index contributed by atoms with van der Waals surface area (Å²) < 4.78 is 0. The van der Waals surface area contributed by atoms with Crippen LogP contribution in [-0.4, -0.2) is 13.0 Å². The lowest BCUT2D eigenvalue weighted by Gasteiger charge is -2.09. The first kappa shape index (κ1) is 20.9. The molecule has 0 amide bonds. The van der Waals surface area contributed by atoms with Crippen molar-refractivity contribution in [1.29, 1.82) is 0 Å². The van der Waals surface area contributed by atoms with Gasteiger partial charge in [0.05, 0.1) is 5.70 Å². The van der Waals surface area contributed by atoms with Crippen molar-refractivity contribution in [2.45, 2.75) is 11.3 Å². The van der Waals surface area contributed by atoms with Gasteiger partial charge in [0, 0.05) is 4.90 Å². The lowest BCUT2D eigenvalue weighted by molar-refractivity contribution is 1.26. The van der Waals surface area contributed by atoms with Gasteiger partial charge in [0.15, 0.2) is 0 Å². The van der Waals surface area contributed by atoms with Crippen LogP contribution in [0.5, 0.6) is 0 Å². The van der Waals surface area contributed by atoms with Crippen molar-refractivity contribution in [2.24, 2.45) is 4.99 Å². The lowest BCUT2D eigenvalue weighted by Crippen LogP contribution is -1.87. The fourth-order valence-electron chi connectivity index (χ4n) is 3.66. The Hall–Kier alpha value is -3.36. The van der Waals surface area contributed by atoms with E-state index in [0.717, 1.165) is 17.7 Å². The maximum Gasteiger partial charge on any atom is 0.0658 e. The SMILES string of the molecule is C=N/C(=C\Cc1ccc(-c2ccccc2)cc1)c1ccc(-c2ccccc2SC)cc1. The number of rotatable bonds is 7. The molecule has 4 aromatic carbocycles. The van der Waals surface area contributed by atoms with Gasteiger partial charge in [0.2, 0.25) is 0 Å². The average Bonchev–Trinajstić information content (AvgIpc) is 2.86. The highest BCUT2D eigenvalue weighted by Gasteiger charge is 2.05. The van der Waals surface area contributed by atoms with Crippen LogP contribution in [-0.2, 0) is 6.42 Å². The average molecular weight is 420 g/mol. The predicted molar refractivity (Wildman–Crippen MR) is 137 cm³/mol. The van der Waals surface area contributed by atoms with Gasteiger partial charge in [0.25, 0.3) is 0 Å². The van der Waals surface area contributed by atoms with Crippen LogP contribution in [0.4, 0.5) is 0 Å². The summed E-state index contributed by atoms with van der Waals surface area (Å²) in [4.78, 5) is 5.57. The molecule has 152 valence electrons. The first-order valence-corrected chi connectivity index (χ1v) is 11.6. The molecule has 0 N–H and O–H groups in total. The molecule has 0 saturated carbocycles. The van der Waals surface area contributed by atoms with Gasteiger partial charge in [0.1, 0.15) is 0 Å². The first-order chi connectivity index (χ1) is 15.3. The zero-order valence-corrected chi connectivity index (χ0v) is 18.5. The van der Waals surface area contributed by atoms with Crippen molar-refractivity contribution in [3.8, 4) is 22.3 Å². The highest BCUT2D eigenvalue weighted by atomic mass is 32.2. The summed E-state index contributed by atoms with van der Waals surface area (Å²) in [5, 5.41) is 0. The van der Waals surface area contributed by atoms with E-state index in [2.05, 4.69) is 121 Å². The molecule has 31 heavy (non-hydrogen) atoms. The van der Waals surface area contributed by atoms with Crippen molar-refractivity contribution >= 4 is 24.2 Å². The second kappa shape index (κ2) is 10.1. The highest BCUT2D eigenvalue weighted by Crippen LogP contribution is 2.31. The molecular formula is C29H25NS. The molecule has 0 spiro atoms. The van der Waals surface area contributed by atoms with Gasteiger partial charge in [-0.2, -0.15) is 0 Å². The smallest absolute Gasteiger partial charge is 0.0658 e. The second-order valence-corrected chi connectivity index (χ2v) is 8.14. The van der Waals surface area contributed by atoms with Crippen molar-refractivity contribution < 1.29 is 0 Å². The van der Waals surface area contributed by atoms with Crippen molar-refractivity contribution in [3.05, 3.63) is 120 Å². The summed E-state index contributed by atoms with van der Waals surface area (Å²) in [7, 11) is 0. The molecule has 0 aliphatic heterocycles. The molecule has 0 aliphatic rings. The van der Waals surface area contributed by atoms with E-state index in [4.69, 9.17) is 0 Å². The van der Waals surface area contributed by atoms with E-state index in [1.54, 1.807) is 11.8 Å². The molecule has 0 atom stereocenters. The number of hydrogen-bond acceptors (Lipinski definition) is 2. The van der Waals surface area contributed by atoms with E-state index in [0.29, 0.717) is 0 Å². The maximum atomic E-state index is 4.28. The van der Waals surface area contributed by atoms with Gasteiger partial charge in [-0.15, -0.1) is 11.8 Å². The number of nitrogens with zero attached hydrogens (tertiary/aromatic N) is 1. The third kappa shape index (κ3) is 5.04. The van der Waals surface area contributed by atoms with Crippen LogP contribution in [0.2, 0.25) is 0 Å². The van der Waals surface area contributed by atoms with Gasteiger partial charge in [-0.05, 0) is 58.8 Å². The van der Waals surface area contributed by atoms with Crippen LogP contribution < -0.4 is 0 Å². The highest BCUT2D eigenvalue weighted by molar-refractivity contribution is 7.98. The normalized spacial score (nSPS) is 11.3. The van der Waals surface area contributed by atoms with Crippen molar-refractivity contribution in [2.75, 3.05) is 6.26 Å². The number of benzene rings is 4. The molecule has 0 unspecified atom stereocenters. The second-order valence-electron chi connectivity index (χ2n) is 7.29. The van der Waals surface area contributed by atoms with Crippen molar-refractivity contribution in [3.63, 3.8) is 0 Å². The Morgan fingerprint density at radius 3 is 2.03 bits per heavy atom. The van der Waals surface area contributed by atoms with Gasteiger partial charge >= 0.3 is 0 Å². The minimum atomic E-state index is 0.820. The Morgan fingerprint density at radius 2 is 1.35 bits per heavy atom. The Morgan fingerprint density at radius 1 is 0.742 bits per heavy atom. The van der Waals surface area contributed by atoms with E-state index >= 15 is 0 Å². The molecule has 0 radical (unpaired) electrons. The van der Waals surface area contributed by atoms with Crippen LogP contribution in [0, 0.1) is 0 Å². The Labute approximate surface area is 189 Å². The summed E-state index contributed by atoms with van der Waals surface area (Å²) in [6, 6.07) is 36.3. The molecule has 4 rings (SSSR count). The molecule has 4 aromatic rings. The summed E-state index contributed by atoms with van der Waals surface area (Å²) in [6.45, 7) is 3.79. The van der Waals surface area contributed by atoms with Gasteiger partial charge in [-0.3, -0.25) is 4.99 Å². The third-order valence-corrected chi connectivity index (χ3v) is 6.16. The minimum Gasteiger partial charge on any atom is -0.264 e. The van der Waals surface area contributed by atoms with E-state index in [-0.39, 0.29) is 0 Å². The molecular weight excluding hydrogens is 394 g/mol. The number of hydrogen-bond donors (Lipinski definition) is 0. The van der Waals surface area contributed by atoms with E-state index in [1.165, 1.54) is 32.7 Å². The number of allylic oxidation sites excluding steroid dienone is 1. The van der Waals surface area contributed by atoms with Crippen LogP contribution in [0.15, 0.2) is 119 Å². The number of aliphatic imine (C=N–C) groups is 1. The van der Waals surface area contributed by atoms with Crippen LogP contribution >= 0.6 is 11.8 Å². The Bertz CT molecular complexity index is 1170. The molecule has 0 aromatic heterocycles. The van der Waals surface area contributed by atoms with E-state index in [1.807, 2.05) is 6.07 Å². The van der Waals surface area contributed by atoms with Gasteiger partial charge in [-0.1, -0.05) is 103 Å². The van der Waals surface area contributed by atoms with Crippen LogP contribution in [0.25, 0.3) is 28.0 Å². The molecule has 0 aliphatic carbocycles. The molecule has 0 fully saturated rings. The molecule has 2 heteroatoms. The van der Waals surface area contributed by atoms with Gasteiger partial charge < -0.3 is 0 Å². The number of thioether (sulfide) groups is 1. The summed E-state index contributed by atoms with van der Waals surface area (Å²) in [6.07, 6.45) is 5.08. The van der Waals surface area contributed by atoms with Crippen LogP contribution in [0.3, 0.4) is 0 Å². The quantitative estimate of drug-likeness (QED) is 0.218. The Kier molecular flexibility index (Phi) is 6.81. The van der Waals surface area contributed by atoms with Crippen LogP contribution in [0.1, 0.15) is 11.1 Å². The molecule has 0 saturated heterocycles. The summed E-state index contributed by atoms with van der Waals surface area (Å²) >= 11 is 1.77. The Balaban J connectivity index is 1.50. The van der Waals surface area contributed by atoms with Crippen molar-refractivity contribution in [1.82, 2.24) is 0 Å². The first-order valence-electron chi connectivity index (χ1n) is 10.3. The zero-order chi connectivity index (χ0) is 21.5. The lowest BCUT2D eigenvalue weighted by atomic mass is 10.0. The fraction of sp³-hybridized carbons (Fsp3) is 0.0690. The predicted octanol–water partition coefficient (Wildman–Crippen LogP) is 8.03. The third-order valence-electron chi connectivity index (χ3n) is 5.36. The standard InChI is InChI=1S/C29H25NS/c1-30-28(21-14-22-12-15-24(16-13-22)23-8-4-3-5-9-23)26-19-17-25(18-20-26)27-10-6-7-11-29(27)31-2/h3-13,15-21H,1,14H2,2H3/b28-21-. The monoisotopic (exact) mass is 419 g/mol. The zero-order valence-electron chi connectivity index (χ0n) is 17.7. The topological polar surface area (TPSA) is 12.4 Å². The maximum absolute atomic E-state index is 4.28. The van der Waals surface area contributed by atoms with E-state index in [9.17, 15) is 0 Å². The minimum absolute atomic E-state index is 0.820. The molecule has 0 heterocycles. The van der Waals surface area contributed by atoms with Gasteiger partial charge in [-0.25, -0.2) is 0 Å².